The van der Waals surface area contributed by atoms with Gasteiger partial charge in [0.1, 0.15) is 11.2 Å². The van der Waals surface area contributed by atoms with Crippen molar-refractivity contribution >= 4 is 30.1 Å². The zero-order valence-electron chi connectivity index (χ0n) is 30.4. The molecule has 3 fully saturated rings. The van der Waals surface area contributed by atoms with Crippen LogP contribution in [0, 0.1) is 0 Å². The van der Waals surface area contributed by atoms with Gasteiger partial charge in [-0.15, -0.1) is 0 Å². The van der Waals surface area contributed by atoms with Crippen molar-refractivity contribution in [1.29, 1.82) is 0 Å². The first-order valence-corrected chi connectivity index (χ1v) is 16.8. The molecule has 3 rings (SSSR count). The number of carboxylic acids is 1. The van der Waals surface area contributed by atoms with Crippen LogP contribution in [0.25, 0.3) is 0 Å². The number of nitrogens with one attached hydrogen (secondary N) is 1. The molecule has 2 N–H and O–H groups in total. The van der Waals surface area contributed by atoms with Crippen LogP contribution in [-0.2, 0) is 33.3 Å². The Labute approximate surface area is 285 Å². The van der Waals surface area contributed by atoms with Crippen molar-refractivity contribution in [2.24, 2.45) is 0 Å². The molecule has 16 heteroatoms. The highest BCUT2D eigenvalue weighted by molar-refractivity contribution is 5.72. The summed E-state index contributed by atoms with van der Waals surface area (Å²) in [6.07, 6.45) is -0.615. The molecule has 0 aromatic heterocycles. The van der Waals surface area contributed by atoms with Gasteiger partial charge in [-0.2, -0.15) is 0 Å². The largest absolute Gasteiger partial charge is 0.480 e. The number of amides is 2. The third-order valence-electron chi connectivity index (χ3n) is 6.93. The minimum absolute atomic E-state index is 0.0299. The Kier molecular flexibility index (Phi) is 19.4. The lowest BCUT2D eigenvalue weighted by Gasteiger charge is -2.35. The van der Waals surface area contributed by atoms with Crippen LogP contribution in [0.3, 0.4) is 0 Å². The number of piperazine rings is 3. The minimum Gasteiger partial charge on any atom is -0.480 e. The van der Waals surface area contributed by atoms with E-state index in [9.17, 15) is 24.0 Å². The summed E-state index contributed by atoms with van der Waals surface area (Å²) < 4.78 is 20.3. The molecule has 2 amide bonds. The number of nitrogens with zero attached hydrogens (tertiary/aromatic N) is 5. The van der Waals surface area contributed by atoms with Crippen LogP contribution in [0.2, 0.25) is 0 Å². The lowest BCUT2D eigenvalue weighted by Crippen LogP contribution is -2.51. The monoisotopic (exact) mass is 688 g/mol. The Morgan fingerprint density at radius 1 is 0.562 bits per heavy atom. The van der Waals surface area contributed by atoms with E-state index in [1.165, 1.54) is 0 Å². The number of aliphatic carboxylic acids is 1. The first-order valence-electron chi connectivity index (χ1n) is 16.8. The molecule has 0 saturated carbocycles. The molecular weight excluding hydrogens is 628 g/mol. The highest BCUT2D eigenvalue weighted by Crippen LogP contribution is 2.13. The predicted octanol–water partition coefficient (Wildman–Crippen LogP) is 1.18. The molecule has 0 aromatic carbocycles. The minimum atomic E-state index is -0.837. The zero-order chi connectivity index (χ0) is 36.3. The summed E-state index contributed by atoms with van der Waals surface area (Å²) in [6.45, 7) is 24.8. The van der Waals surface area contributed by atoms with Gasteiger partial charge in [0.15, 0.2) is 0 Å². The van der Waals surface area contributed by atoms with Crippen molar-refractivity contribution in [3.8, 4) is 0 Å². The Balaban J connectivity index is 0.000000369. The van der Waals surface area contributed by atoms with E-state index >= 15 is 0 Å². The van der Waals surface area contributed by atoms with Crippen molar-refractivity contribution < 1.29 is 48.0 Å². The van der Waals surface area contributed by atoms with Gasteiger partial charge in [-0.05, 0) is 55.4 Å². The summed E-state index contributed by atoms with van der Waals surface area (Å²) in [5.41, 5.74) is -0.964. The number of carboxylic acid groups (broad SMARTS) is 1. The van der Waals surface area contributed by atoms with Crippen LogP contribution in [0.1, 0.15) is 55.4 Å². The number of ether oxygens (including phenoxy) is 4. The molecular formula is C32H60N6O10. The third kappa shape index (κ3) is 20.2. The highest BCUT2D eigenvalue weighted by Gasteiger charge is 2.28. The van der Waals surface area contributed by atoms with Crippen LogP contribution < -0.4 is 5.32 Å². The van der Waals surface area contributed by atoms with Gasteiger partial charge < -0.3 is 39.2 Å². The van der Waals surface area contributed by atoms with E-state index in [0.717, 1.165) is 26.2 Å². The molecule has 0 aliphatic carbocycles. The molecule has 48 heavy (non-hydrogen) atoms. The van der Waals surface area contributed by atoms with Crippen molar-refractivity contribution in [1.82, 2.24) is 29.8 Å². The Hall–Kier alpha value is -3.21. The summed E-state index contributed by atoms with van der Waals surface area (Å²) >= 11 is 0. The Morgan fingerprint density at radius 3 is 1.21 bits per heavy atom. The van der Waals surface area contributed by atoms with Crippen LogP contribution in [0.4, 0.5) is 9.59 Å². The van der Waals surface area contributed by atoms with Crippen molar-refractivity contribution in [3.63, 3.8) is 0 Å². The normalized spacial score (nSPS) is 17.9. The molecule has 0 spiro atoms. The van der Waals surface area contributed by atoms with Crippen LogP contribution >= 0.6 is 0 Å². The van der Waals surface area contributed by atoms with E-state index in [0.29, 0.717) is 72.1 Å². The van der Waals surface area contributed by atoms with Crippen molar-refractivity contribution in [2.75, 3.05) is 111 Å². The number of hydrogen-bond acceptors (Lipinski definition) is 13. The van der Waals surface area contributed by atoms with E-state index in [2.05, 4.69) is 10.2 Å². The second kappa shape index (κ2) is 21.7. The molecule has 278 valence electrons. The maximum absolute atomic E-state index is 11.8. The number of hydrogen-bond donors (Lipinski definition) is 2. The van der Waals surface area contributed by atoms with Gasteiger partial charge >= 0.3 is 30.1 Å². The van der Waals surface area contributed by atoms with E-state index < -0.39 is 17.2 Å². The van der Waals surface area contributed by atoms with Gasteiger partial charge in [-0.1, -0.05) is 0 Å². The van der Waals surface area contributed by atoms with E-state index in [-0.39, 0.29) is 37.2 Å². The Morgan fingerprint density at radius 2 is 0.896 bits per heavy atom. The maximum Gasteiger partial charge on any atom is 0.410 e. The molecule has 16 nitrogen and oxygen atoms in total. The Bertz CT molecular complexity index is 994. The molecule has 0 atom stereocenters. The summed E-state index contributed by atoms with van der Waals surface area (Å²) in [5, 5.41) is 11.9. The second-order valence-corrected chi connectivity index (χ2v) is 13.5. The SMILES string of the molecule is CC(C)(C)OC(=O)N1CCN(CC(=O)O)CC1.CCOC(=O)CN1CCN(C(=O)OC(C)(C)C)CC1.CCOC(=O)CN1CCNCC1. The lowest BCUT2D eigenvalue weighted by atomic mass is 10.2. The molecule has 3 heterocycles. The predicted molar refractivity (Wildman–Crippen MR) is 179 cm³/mol. The molecule has 0 aromatic rings. The molecule has 3 aliphatic heterocycles. The molecule has 0 bridgehead atoms. The fourth-order valence-corrected chi connectivity index (χ4v) is 4.67. The number of esters is 2. The molecule has 0 radical (unpaired) electrons. The average Bonchev–Trinajstić information content (AvgIpc) is 2.97. The van der Waals surface area contributed by atoms with Gasteiger partial charge in [0.25, 0.3) is 0 Å². The van der Waals surface area contributed by atoms with Gasteiger partial charge in [0.2, 0.25) is 0 Å². The van der Waals surface area contributed by atoms with E-state index in [1.54, 1.807) is 16.7 Å². The smallest absolute Gasteiger partial charge is 0.410 e. The number of rotatable bonds is 8. The maximum atomic E-state index is 11.8. The zero-order valence-corrected chi connectivity index (χ0v) is 30.4. The average molecular weight is 689 g/mol. The molecule has 3 aliphatic rings. The van der Waals surface area contributed by atoms with Gasteiger partial charge in [0.05, 0.1) is 32.8 Å². The second-order valence-electron chi connectivity index (χ2n) is 13.5. The van der Waals surface area contributed by atoms with Gasteiger partial charge in [0, 0.05) is 78.5 Å². The van der Waals surface area contributed by atoms with E-state index in [4.69, 9.17) is 24.1 Å². The van der Waals surface area contributed by atoms with Crippen molar-refractivity contribution in [3.05, 3.63) is 0 Å². The number of carbonyl (C=O) groups is 5. The topological polar surface area (TPSA) is 171 Å². The molecule has 0 unspecified atom stereocenters. The third-order valence-corrected chi connectivity index (χ3v) is 6.93. The summed E-state index contributed by atoms with van der Waals surface area (Å²) in [4.78, 5) is 65.6. The summed E-state index contributed by atoms with van der Waals surface area (Å²) in [5.74, 6) is -1.16. The van der Waals surface area contributed by atoms with Gasteiger partial charge in [-0.25, -0.2) is 9.59 Å². The van der Waals surface area contributed by atoms with Gasteiger partial charge in [-0.3, -0.25) is 29.1 Å². The quantitative estimate of drug-likeness (QED) is 0.275. The van der Waals surface area contributed by atoms with Crippen LogP contribution in [0.15, 0.2) is 0 Å². The van der Waals surface area contributed by atoms with E-state index in [1.807, 2.05) is 58.3 Å². The number of carbonyl (C=O) groups excluding carboxylic acids is 4. The first kappa shape index (κ1) is 42.8. The fraction of sp³-hybridized carbons (Fsp3) is 0.844. The molecule has 3 saturated heterocycles. The van der Waals surface area contributed by atoms with Crippen LogP contribution in [0.5, 0.6) is 0 Å². The highest BCUT2D eigenvalue weighted by atomic mass is 16.6. The standard InChI is InChI=1S/C13H24N2O4.C11H20N2O4.C8H16N2O2/c1-5-18-11(16)10-14-6-8-15(9-7-14)12(17)19-13(2,3)4;1-11(2,3)17-10(16)13-6-4-12(5-7-13)8-9(14)15;1-2-12-8(11)7-10-5-3-9-4-6-10/h5-10H2,1-4H3;4-8H2,1-3H3,(H,14,15);9H,2-7H2,1H3. The lowest BCUT2D eigenvalue weighted by molar-refractivity contribution is -0.145. The van der Waals surface area contributed by atoms with Crippen molar-refractivity contribution in [2.45, 2.75) is 66.6 Å². The van der Waals surface area contributed by atoms with Crippen LogP contribution in [-0.4, -0.2) is 182 Å². The fourth-order valence-electron chi connectivity index (χ4n) is 4.67. The first-order chi connectivity index (χ1) is 22.4. The summed E-state index contributed by atoms with van der Waals surface area (Å²) in [6, 6.07) is 0. The summed E-state index contributed by atoms with van der Waals surface area (Å²) in [7, 11) is 0.